The van der Waals surface area contributed by atoms with Crippen molar-refractivity contribution in [3.8, 4) is 5.75 Å². The predicted molar refractivity (Wildman–Crippen MR) is 147 cm³/mol. The molecule has 0 spiro atoms. The molecule has 2 aromatic rings. The molecule has 1 aliphatic rings. The van der Waals surface area contributed by atoms with Crippen LogP contribution in [-0.2, 0) is 19.6 Å². The van der Waals surface area contributed by atoms with Gasteiger partial charge in [-0.25, -0.2) is 9.79 Å². The number of rotatable bonds is 10. The third kappa shape index (κ3) is 8.94. The molecule has 4 N–H and O–H groups in total. The van der Waals surface area contributed by atoms with Crippen molar-refractivity contribution in [1.29, 1.82) is 0 Å². The van der Waals surface area contributed by atoms with E-state index < -0.39 is 27.7 Å². The quantitative estimate of drug-likeness (QED) is 0.198. The van der Waals surface area contributed by atoms with Crippen LogP contribution in [0, 0.1) is 0 Å². The van der Waals surface area contributed by atoms with Crippen LogP contribution in [0.1, 0.15) is 46.5 Å². The van der Waals surface area contributed by atoms with Crippen LogP contribution in [0.2, 0.25) is 0 Å². The summed E-state index contributed by atoms with van der Waals surface area (Å²) in [5, 5.41) is 11.1. The van der Waals surface area contributed by atoms with Gasteiger partial charge in [0.05, 0.1) is 17.7 Å². The van der Waals surface area contributed by atoms with Crippen LogP contribution in [0.15, 0.2) is 52.4 Å². The van der Waals surface area contributed by atoms with Gasteiger partial charge in [0.25, 0.3) is 0 Å². The number of alkyl carbamates (subject to hydrolysis) is 1. The zero-order chi connectivity index (χ0) is 27.8. The Labute approximate surface area is 223 Å². The van der Waals surface area contributed by atoms with Gasteiger partial charge >= 0.3 is 16.2 Å². The van der Waals surface area contributed by atoms with Crippen LogP contribution in [0.4, 0.5) is 21.9 Å². The summed E-state index contributed by atoms with van der Waals surface area (Å²) >= 11 is 0. The smallest absolute Gasteiger partial charge is 0.408 e. The van der Waals surface area contributed by atoms with Crippen LogP contribution in [0.25, 0.3) is 0 Å². The highest BCUT2D eigenvalue weighted by atomic mass is 32.2. The molecule has 0 unspecified atom stereocenters. The molecule has 2 amide bonds. The SMILES string of the molecule is CNc1ccc(OS(=O)(=O)c2ccc(NC3CCCC3)cc2)cc1N=CNC(=O)CNC(=O)OC(C)(C)C. The van der Waals surface area contributed by atoms with E-state index >= 15 is 0 Å². The lowest BCUT2D eigenvalue weighted by Gasteiger charge is -2.19. The average molecular weight is 546 g/mol. The molecule has 0 atom stereocenters. The first-order chi connectivity index (χ1) is 17.9. The lowest BCUT2D eigenvalue weighted by atomic mass is 10.2. The largest absolute Gasteiger partial charge is 0.444 e. The predicted octanol–water partition coefficient (Wildman–Crippen LogP) is 4.15. The number of aliphatic imine (C=N–C) groups is 1. The average Bonchev–Trinajstić information content (AvgIpc) is 3.35. The topological polar surface area (TPSA) is 147 Å². The molecule has 0 heterocycles. The van der Waals surface area contributed by atoms with Crippen molar-refractivity contribution < 1.29 is 26.9 Å². The molecule has 0 saturated heterocycles. The molecule has 0 aromatic heterocycles. The molecule has 2 aromatic carbocycles. The summed E-state index contributed by atoms with van der Waals surface area (Å²) in [5.41, 5.74) is 1.10. The number of nitrogens with zero attached hydrogens (tertiary/aromatic N) is 1. The number of hydrogen-bond donors (Lipinski definition) is 4. The van der Waals surface area contributed by atoms with Crippen molar-refractivity contribution >= 4 is 45.5 Å². The lowest BCUT2D eigenvalue weighted by molar-refractivity contribution is -0.118. The second kappa shape index (κ2) is 12.6. The van der Waals surface area contributed by atoms with Gasteiger partial charge in [0.2, 0.25) is 5.91 Å². The Bertz CT molecular complexity index is 1250. The van der Waals surface area contributed by atoms with Crippen molar-refractivity contribution in [3.05, 3.63) is 42.5 Å². The Morgan fingerprint density at radius 3 is 2.39 bits per heavy atom. The van der Waals surface area contributed by atoms with E-state index in [1.807, 2.05) is 0 Å². The number of hydrogen-bond acceptors (Lipinski definition) is 9. The summed E-state index contributed by atoms with van der Waals surface area (Å²) in [6.45, 7) is 4.84. The second-order valence-electron chi connectivity index (χ2n) is 9.80. The van der Waals surface area contributed by atoms with Crippen molar-refractivity contribution in [3.63, 3.8) is 0 Å². The first-order valence-electron chi connectivity index (χ1n) is 12.4. The Morgan fingerprint density at radius 1 is 1.08 bits per heavy atom. The Kier molecular flexibility index (Phi) is 9.56. The van der Waals surface area contributed by atoms with Crippen LogP contribution >= 0.6 is 0 Å². The molecule has 1 fully saturated rings. The van der Waals surface area contributed by atoms with Gasteiger partial charge in [-0.2, -0.15) is 8.42 Å². The minimum absolute atomic E-state index is 0.0296. The molecule has 11 nitrogen and oxygen atoms in total. The van der Waals surface area contributed by atoms with Crippen molar-refractivity contribution in [2.45, 2.75) is 63.0 Å². The highest BCUT2D eigenvalue weighted by Crippen LogP contribution is 2.31. The summed E-state index contributed by atoms with van der Waals surface area (Å²) in [6, 6.07) is 11.4. The van der Waals surface area contributed by atoms with Crippen LogP contribution < -0.4 is 25.5 Å². The molecule has 206 valence electrons. The highest BCUT2D eigenvalue weighted by molar-refractivity contribution is 7.87. The third-order valence-corrected chi connectivity index (χ3v) is 6.80. The standard InChI is InChI=1S/C26H35N5O6S/c1-26(2,3)36-25(33)28-16-24(32)30-17-29-23-15-20(11-14-22(23)27-4)37-38(34,35)21-12-9-19(10-13-21)31-18-7-5-6-8-18/h9-15,17-18,27,31H,5-8,16H2,1-4H3,(H,28,33)(H,29,30,32). The van der Waals surface area contributed by atoms with Gasteiger partial charge < -0.3 is 30.2 Å². The summed E-state index contributed by atoms with van der Waals surface area (Å²) < 4.78 is 36.1. The van der Waals surface area contributed by atoms with E-state index in [1.54, 1.807) is 46.0 Å². The molecule has 0 bridgehead atoms. The maximum absolute atomic E-state index is 12.8. The van der Waals surface area contributed by atoms with E-state index in [0.717, 1.165) is 24.9 Å². The summed E-state index contributed by atoms with van der Waals surface area (Å²) in [5.74, 6) is -0.464. The molecule has 0 radical (unpaired) electrons. The molecule has 12 heteroatoms. The zero-order valence-corrected chi connectivity index (χ0v) is 22.9. The number of carbonyl (C=O) groups excluding carboxylic acids is 2. The third-order valence-electron chi connectivity index (χ3n) is 5.53. The minimum Gasteiger partial charge on any atom is -0.444 e. The van der Waals surface area contributed by atoms with E-state index in [1.165, 1.54) is 37.1 Å². The minimum atomic E-state index is -4.08. The van der Waals surface area contributed by atoms with Gasteiger partial charge in [-0.1, -0.05) is 12.8 Å². The van der Waals surface area contributed by atoms with Gasteiger partial charge in [0.15, 0.2) is 0 Å². The van der Waals surface area contributed by atoms with Crippen molar-refractivity contribution in [2.24, 2.45) is 4.99 Å². The highest BCUT2D eigenvalue weighted by Gasteiger charge is 2.19. The molecular weight excluding hydrogens is 510 g/mol. The Balaban J connectivity index is 1.60. The Hall–Kier alpha value is -3.80. The maximum atomic E-state index is 12.8. The van der Waals surface area contributed by atoms with Crippen LogP contribution in [0.5, 0.6) is 5.75 Å². The zero-order valence-electron chi connectivity index (χ0n) is 22.0. The van der Waals surface area contributed by atoms with Crippen LogP contribution in [-0.4, -0.2) is 52.0 Å². The number of carbonyl (C=O) groups is 2. The van der Waals surface area contributed by atoms with E-state index in [2.05, 4.69) is 26.3 Å². The summed E-state index contributed by atoms with van der Waals surface area (Å²) in [6.07, 6.45) is 5.06. The first-order valence-corrected chi connectivity index (χ1v) is 13.8. The van der Waals surface area contributed by atoms with Crippen molar-refractivity contribution in [2.75, 3.05) is 24.2 Å². The number of anilines is 2. The number of nitrogens with one attached hydrogen (secondary N) is 4. The normalized spacial score (nSPS) is 14.2. The molecular formula is C26H35N5O6S. The van der Waals surface area contributed by atoms with E-state index in [9.17, 15) is 18.0 Å². The second-order valence-corrected chi connectivity index (χ2v) is 11.3. The van der Waals surface area contributed by atoms with Crippen molar-refractivity contribution in [1.82, 2.24) is 10.6 Å². The van der Waals surface area contributed by atoms with E-state index in [-0.39, 0.29) is 17.2 Å². The fraction of sp³-hybridized carbons (Fsp3) is 0.423. The van der Waals surface area contributed by atoms with E-state index in [4.69, 9.17) is 8.92 Å². The van der Waals surface area contributed by atoms with Gasteiger partial charge in [-0.3, -0.25) is 4.79 Å². The number of amides is 2. The molecule has 3 rings (SSSR count). The monoisotopic (exact) mass is 545 g/mol. The molecule has 38 heavy (non-hydrogen) atoms. The maximum Gasteiger partial charge on any atom is 0.408 e. The fourth-order valence-electron chi connectivity index (χ4n) is 3.77. The van der Waals surface area contributed by atoms with E-state index in [0.29, 0.717) is 17.4 Å². The van der Waals surface area contributed by atoms with Crippen LogP contribution in [0.3, 0.4) is 0 Å². The fourth-order valence-corrected chi connectivity index (χ4v) is 4.69. The molecule has 1 saturated carbocycles. The van der Waals surface area contributed by atoms with Gasteiger partial charge in [0, 0.05) is 24.8 Å². The summed E-state index contributed by atoms with van der Waals surface area (Å²) in [4.78, 5) is 27.9. The lowest BCUT2D eigenvalue weighted by Crippen LogP contribution is -2.39. The Morgan fingerprint density at radius 2 is 1.76 bits per heavy atom. The molecule has 1 aliphatic carbocycles. The summed E-state index contributed by atoms with van der Waals surface area (Å²) in [7, 11) is -2.40. The first kappa shape index (κ1) is 28.8. The number of benzene rings is 2. The van der Waals surface area contributed by atoms with Gasteiger partial charge in [0.1, 0.15) is 22.8 Å². The van der Waals surface area contributed by atoms with Gasteiger partial charge in [-0.15, -0.1) is 0 Å². The van der Waals surface area contributed by atoms with Gasteiger partial charge in [-0.05, 0) is 70.0 Å². The number of ether oxygens (including phenoxy) is 1. The molecule has 0 aliphatic heterocycles.